The monoisotopic (exact) mass is 522 g/mol. The molecule has 0 aromatic heterocycles. The lowest BCUT2D eigenvalue weighted by Gasteiger charge is -2.08. The molecule has 0 aliphatic heterocycles. The largest absolute Gasteiger partial charge is 0.356 e. The van der Waals surface area contributed by atoms with Crippen molar-refractivity contribution in [1.29, 1.82) is 0 Å². The molecule has 0 saturated heterocycles. The number of hydrogen-bond donors (Lipinski definition) is 7. The smallest absolute Gasteiger partial charge is 0.243 e. The van der Waals surface area contributed by atoms with E-state index in [1.54, 1.807) is 5.48 Å². The Kier molecular flexibility index (Phi) is 22.8. The molecule has 10 heteroatoms. The minimum absolute atomic E-state index is 0. The lowest BCUT2D eigenvalue weighted by Crippen LogP contribution is -2.29. The second-order valence-electron chi connectivity index (χ2n) is 8.40. The molecular formula is C22H47BrN6O3. The number of halogens is 1. The molecule has 1 aliphatic carbocycles. The zero-order chi connectivity index (χ0) is 22.4. The van der Waals surface area contributed by atoms with Crippen molar-refractivity contribution in [1.82, 2.24) is 32.1 Å². The molecule has 0 atom stereocenters. The number of unbranched alkanes of at least 4 members (excludes halogenated alkanes) is 1. The molecule has 1 fully saturated rings. The molecule has 1 aliphatic rings. The topological polar surface area (TPSA) is 127 Å². The van der Waals surface area contributed by atoms with E-state index in [0.717, 1.165) is 71.0 Å². The standard InChI is InChI=1S/C22H46N6O3.BrH/c29-21(7-1-2-8-22(30)28-31)27-18-6-16-25-14-4-12-23-11-3-13-24-15-5-17-26-19-20-9-10-20;/h20,23-26,31H,1-19H2,(H,27,29)(H,28,30);1H. The van der Waals surface area contributed by atoms with Crippen LogP contribution in [0.4, 0.5) is 0 Å². The first-order valence-corrected chi connectivity index (χ1v) is 12.2. The van der Waals surface area contributed by atoms with Crippen LogP contribution in [0.25, 0.3) is 0 Å². The Balaban J connectivity index is 0.00000961. The van der Waals surface area contributed by atoms with Gasteiger partial charge in [-0.05, 0) is 110 Å². The van der Waals surface area contributed by atoms with E-state index in [1.165, 1.54) is 25.8 Å². The fourth-order valence-corrected chi connectivity index (χ4v) is 3.17. The SMILES string of the molecule is Br.O=C(CCCCC(=O)NCCCNCCCNCCCNCCCNCC1CC1)NO. The number of amides is 2. The number of hydrogen-bond acceptors (Lipinski definition) is 7. The highest BCUT2D eigenvalue weighted by atomic mass is 79.9. The van der Waals surface area contributed by atoms with Crippen LogP contribution in [0.15, 0.2) is 0 Å². The second kappa shape index (κ2) is 23.4. The van der Waals surface area contributed by atoms with Gasteiger partial charge < -0.3 is 26.6 Å². The highest BCUT2D eigenvalue weighted by Crippen LogP contribution is 2.27. The number of carbonyl (C=O) groups excluding carboxylic acids is 2. The van der Waals surface area contributed by atoms with Gasteiger partial charge in [0.25, 0.3) is 0 Å². The van der Waals surface area contributed by atoms with E-state index in [-0.39, 0.29) is 29.3 Å². The molecular weight excluding hydrogens is 476 g/mol. The zero-order valence-corrected chi connectivity index (χ0v) is 21.4. The Bertz CT molecular complexity index is 455. The Morgan fingerprint density at radius 1 is 0.625 bits per heavy atom. The van der Waals surface area contributed by atoms with E-state index in [0.29, 0.717) is 25.8 Å². The van der Waals surface area contributed by atoms with Crippen LogP contribution < -0.4 is 32.1 Å². The van der Waals surface area contributed by atoms with Crippen LogP contribution in [0, 0.1) is 5.92 Å². The molecule has 0 aromatic carbocycles. The van der Waals surface area contributed by atoms with Crippen LogP contribution in [0.3, 0.4) is 0 Å². The summed E-state index contributed by atoms with van der Waals surface area (Å²) in [7, 11) is 0. The molecule has 9 nitrogen and oxygen atoms in total. The Morgan fingerprint density at radius 3 is 1.53 bits per heavy atom. The van der Waals surface area contributed by atoms with Crippen molar-refractivity contribution in [3.63, 3.8) is 0 Å². The summed E-state index contributed by atoms with van der Waals surface area (Å²) in [4.78, 5) is 22.5. The maximum absolute atomic E-state index is 11.6. The third-order valence-electron chi connectivity index (χ3n) is 5.29. The van der Waals surface area contributed by atoms with Crippen LogP contribution in [0.5, 0.6) is 0 Å². The number of hydroxylamine groups is 1. The van der Waals surface area contributed by atoms with Gasteiger partial charge in [0.05, 0.1) is 0 Å². The van der Waals surface area contributed by atoms with E-state index in [2.05, 4.69) is 26.6 Å². The average molecular weight is 524 g/mol. The molecule has 7 N–H and O–H groups in total. The van der Waals surface area contributed by atoms with Crippen molar-refractivity contribution in [3.05, 3.63) is 0 Å². The lowest BCUT2D eigenvalue weighted by molar-refractivity contribution is -0.129. The average Bonchev–Trinajstić information content (AvgIpc) is 3.60. The summed E-state index contributed by atoms with van der Waals surface area (Å²) in [5.74, 6) is 0.588. The molecule has 1 saturated carbocycles. The van der Waals surface area contributed by atoms with Gasteiger partial charge in [-0.25, -0.2) is 5.48 Å². The molecule has 0 unspecified atom stereocenters. The minimum Gasteiger partial charge on any atom is -0.356 e. The molecule has 190 valence electrons. The normalized spacial score (nSPS) is 12.9. The van der Waals surface area contributed by atoms with E-state index in [1.807, 2.05) is 0 Å². The van der Waals surface area contributed by atoms with E-state index < -0.39 is 5.91 Å². The molecule has 0 bridgehead atoms. The lowest BCUT2D eigenvalue weighted by atomic mass is 10.2. The summed E-state index contributed by atoms with van der Waals surface area (Å²) in [6.45, 7) is 9.18. The maximum atomic E-state index is 11.6. The highest BCUT2D eigenvalue weighted by Gasteiger charge is 2.19. The fourth-order valence-electron chi connectivity index (χ4n) is 3.17. The molecule has 0 radical (unpaired) electrons. The molecule has 0 spiro atoms. The quantitative estimate of drug-likeness (QED) is 0.0607. The summed E-state index contributed by atoms with van der Waals surface area (Å²) in [6, 6.07) is 0. The number of carbonyl (C=O) groups is 2. The number of nitrogens with one attached hydrogen (secondary N) is 6. The van der Waals surface area contributed by atoms with Crippen molar-refractivity contribution in [2.45, 2.75) is 64.2 Å². The van der Waals surface area contributed by atoms with Crippen molar-refractivity contribution >= 4 is 28.8 Å². The van der Waals surface area contributed by atoms with Gasteiger partial charge in [-0.1, -0.05) is 0 Å². The van der Waals surface area contributed by atoms with Gasteiger partial charge in [-0.3, -0.25) is 14.8 Å². The Morgan fingerprint density at radius 2 is 1.06 bits per heavy atom. The fraction of sp³-hybridized carbons (Fsp3) is 0.909. The Labute approximate surface area is 204 Å². The van der Waals surface area contributed by atoms with Gasteiger partial charge >= 0.3 is 0 Å². The third kappa shape index (κ3) is 22.4. The summed E-state index contributed by atoms with van der Waals surface area (Å²) >= 11 is 0. The third-order valence-corrected chi connectivity index (χ3v) is 5.29. The molecule has 1 rings (SSSR count). The summed E-state index contributed by atoms with van der Waals surface area (Å²) < 4.78 is 0. The van der Waals surface area contributed by atoms with Crippen LogP contribution in [-0.2, 0) is 9.59 Å². The van der Waals surface area contributed by atoms with Gasteiger partial charge in [0.2, 0.25) is 11.8 Å². The molecule has 2 amide bonds. The van der Waals surface area contributed by atoms with Crippen LogP contribution >= 0.6 is 17.0 Å². The molecule has 0 heterocycles. The van der Waals surface area contributed by atoms with Crippen molar-refractivity contribution < 1.29 is 14.8 Å². The summed E-state index contributed by atoms with van der Waals surface area (Å²) in [5, 5.41) is 25.2. The van der Waals surface area contributed by atoms with Crippen LogP contribution in [0.2, 0.25) is 0 Å². The zero-order valence-electron chi connectivity index (χ0n) is 19.7. The van der Waals surface area contributed by atoms with Crippen LogP contribution in [0.1, 0.15) is 64.2 Å². The van der Waals surface area contributed by atoms with Crippen molar-refractivity contribution in [3.8, 4) is 0 Å². The van der Waals surface area contributed by atoms with Gasteiger partial charge in [-0.2, -0.15) is 0 Å². The maximum Gasteiger partial charge on any atom is 0.243 e. The Hall–Kier alpha value is -0.780. The van der Waals surface area contributed by atoms with Gasteiger partial charge in [0.15, 0.2) is 0 Å². The second-order valence-corrected chi connectivity index (χ2v) is 8.40. The molecule has 32 heavy (non-hydrogen) atoms. The first kappa shape index (κ1) is 31.2. The summed E-state index contributed by atoms with van der Waals surface area (Å²) in [6.07, 6.45) is 9.16. The van der Waals surface area contributed by atoms with Gasteiger partial charge in [0.1, 0.15) is 0 Å². The first-order chi connectivity index (χ1) is 15.2. The van der Waals surface area contributed by atoms with E-state index in [9.17, 15) is 9.59 Å². The van der Waals surface area contributed by atoms with Gasteiger partial charge in [-0.15, -0.1) is 17.0 Å². The number of rotatable bonds is 23. The first-order valence-electron chi connectivity index (χ1n) is 12.2. The van der Waals surface area contributed by atoms with E-state index >= 15 is 0 Å². The predicted molar refractivity (Wildman–Crippen MR) is 134 cm³/mol. The highest BCUT2D eigenvalue weighted by molar-refractivity contribution is 8.93. The minimum atomic E-state index is -0.406. The summed E-state index contributed by atoms with van der Waals surface area (Å²) in [5.41, 5.74) is 1.59. The predicted octanol–water partition coefficient (Wildman–Crippen LogP) is 1.08. The van der Waals surface area contributed by atoms with Crippen molar-refractivity contribution in [2.24, 2.45) is 5.92 Å². The van der Waals surface area contributed by atoms with E-state index in [4.69, 9.17) is 5.21 Å². The molecule has 0 aromatic rings. The van der Waals surface area contributed by atoms with Crippen LogP contribution in [-0.4, -0.2) is 75.9 Å². The van der Waals surface area contributed by atoms with Gasteiger partial charge in [0, 0.05) is 19.4 Å². The van der Waals surface area contributed by atoms with Crippen molar-refractivity contribution in [2.75, 3.05) is 58.9 Å².